The molecule has 1 aliphatic carbocycles. The summed E-state index contributed by atoms with van der Waals surface area (Å²) in [5, 5.41) is 67.3. The van der Waals surface area contributed by atoms with Gasteiger partial charge in [0.15, 0.2) is 34.7 Å². The molecule has 1 aromatic heterocycles. The van der Waals surface area contributed by atoms with Crippen LogP contribution >= 0.6 is 0 Å². The number of benzene rings is 2. The Morgan fingerprint density at radius 3 is 0.889 bits per heavy atom. The second-order valence-electron chi connectivity index (χ2n) is 10.1. The van der Waals surface area contributed by atoms with Crippen LogP contribution < -0.4 is 0 Å². The molecule has 0 radical (unpaired) electrons. The topological polar surface area (TPSA) is 192 Å². The van der Waals surface area contributed by atoms with Crippen molar-refractivity contribution < 1.29 is 57.1 Å². The Bertz CT molecular complexity index is 2390. The highest BCUT2D eigenvalue weighted by Gasteiger charge is 2.52. The Kier molecular flexibility index (Phi) is 9.71. The van der Waals surface area contributed by atoms with Crippen LogP contribution in [0.5, 0.6) is 0 Å². The molecule has 0 bridgehead atoms. The minimum atomic E-state index is -6.33. The quantitative estimate of drug-likeness (QED) is 0.189. The zero-order chi connectivity index (χ0) is 40.8. The highest BCUT2D eigenvalue weighted by atomic mass is 19.4. The molecule has 0 saturated heterocycles. The van der Waals surface area contributed by atoms with Gasteiger partial charge in [-0.25, -0.2) is 27.5 Å². The maximum absolute atomic E-state index is 15.5. The van der Waals surface area contributed by atoms with Crippen molar-refractivity contribution in [3.63, 3.8) is 0 Å². The van der Waals surface area contributed by atoms with Crippen molar-refractivity contribution >= 4 is 16.7 Å². The van der Waals surface area contributed by atoms with Crippen LogP contribution in [0.2, 0.25) is 0 Å². The van der Waals surface area contributed by atoms with E-state index in [9.17, 15) is 76.3 Å². The smallest absolute Gasteiger partial charge is 0.219 e. The number of alkyl halides is 9. The number of nitriles is 7. The van der Waals surface area contributed by atoms with Gasteiger partial charge in [-0.1, -0.05) is 0 Å². The first kappa shape index (κ1) is 39.1. The minimum absolute atomic E-state index is 0.294. The van der Waals surface area contributed by atoms with Crippen LogP contribution in [0.4, 0.5) is 57.1 Å². The first-order valence-electron chi connectivity index (χ1n) is 13.3. The lowest BCUT2D eigenvalue weighted by atomic mass is 9.96. The van der Waals surface area contributed by atoms with Crippen molar-refractivity contribution in [3.05, 3.63) is 108 Å². The Balaban J connectivity index is 2.48. The van der Waals surface area contributed by atoms with Crippen LogP contribution in [0.25, 0.3) is 16.7 Å². The van der Waals surface area contributed by atoms with Crippen molar-refractivity contribution in [1.82, 2.24) is 9.97 Å². The molecule has 1 fully saturated rings. The van der Waals surface area contributed by atoms with E-state index in [0.29, 0.717) is 12.1 Å². The van der Waals surface area contributed by atoms with E-state index < -0.39 is 131 Å². The average molecular weight is 759 g/mol. The molecule has 0 atom stereocenters. The Morgan fingerprint density at radius 1 is 0.426 bits per heavy atom. The molecule has 4 rings (SSSR count). The van der Waals surface area contributed by atoms with Gasteiger partial charge < -0.3 is 0 Å². The lowest BCUT2D eigenvalue weighted by Crippen LogP contribution is -2.25. The number of hydrogen-bond acceptors (Lipinski definition) is 9. The van der Waals surface area contributed by atoms with Gasteiger partial charge in [-0.05, 0) is 12.1 Å². The third-order valence-electron chi connectivity index (χ3n) is 7.11. The van der Waals surface area contributed by atoms with Crippen molar-refractivity contribution in [2.45, 2.75) is 18.5 Å². The van der Waals surface area contributed by atoms with E-state index >= 15 is 17.6 Å². The van der Waals surface area contributed by atoms with Crippen molar-refractivity contribution in [2.24, 2.45) is 0 Å². The van der Waals surface area contributed by atoms with Gasteiger partial charge in [-0.3, -0.25) is 0 Å². The summed E-state index contributed by atoms with van der Waals surface area (Å²) < 4.78 is 188. The largest absolute Gasteiger partial charge is 0.451 e. The minimum Gasteiger partial charge on any atom is -0.219 e. The van der Waals surface area contributed by atoms with Crippen LogP contribution in [0, 0.1) is 103 Å². The van der Waals surface area contributed by atoms with Crippen molar-refractivity contribution in [3.8, 4) is 42.5 Å². The van der Waals surface area contributed by atoms with Crippen LogP contribution in [0.1, 0.15) is 56.2 Å². The van der Waals surface area contributed by atoms with Gasteiger partial charge in [0.2, 0.25) is 5.82 Å². The lowest BCUT2D eigenvalue weighted by Gasteiger charge is -2.18. The number of halogens is 13. The summed E-state index contributed by atoms with van der Waals surface area (Å²) in [6.45, 7) is 0. The summed E-state index contributed by atoms with van der Waals surface area (Å²) in [4.78, 5) is 4.24. The number of allylic oxidation sites excluding steroid dienone is 6. The van der Waals surface area contributed by atoms with Crippen LogP contribution in [-0.2, 0) is 18.5 Å². The number of nitrogens with zero attached hydrogens (tertiary/aromatic N) is 9. The monoisotopic (exact) mass is 759 g/mol. The molecule has 0 aliphatic heterocycles. The molecule has 0 spiro atoms. The molecular weight excluding hydrogens is 757 g/mol. The van der Waals surface area contributed by atoms with Gasteiger partial charge in [0.25, 0.3) is 0 Å². The summed E-state index contributed by atoms with van der Waals surface area (Å²) in [7, 11) is 0. The summed E-state index contributed by atoms with van der Waals surface area (Å²) >= 11 is 0. The Labute approximate surface area is 290 Å². The lowest BCUT2D eigenvalue weighted by molar-refractivity contribution is -0.159. The van der Waals surface area contributed by atoms with E-state index in [4.69, 9.17) is 0 Å². The maximum Gasteiger partial charge on any atom is 0.451 e. The first-order valence-corrected chi connectivity index (χ1v) is 13.3. The summed E-state index contributed by atoms with van der Waals surface area (Å²) in [5.41, 5.74) is -27.3. The molecule has 1 aliphatic rings. The van der Waals surface area contributed by atoms with Crippen LogP contribution in [-0.4, -0.2) is 9.97 Å². The van der Waals surface area contributed by atoms with Crippen LogP contribution in [0.15, 0.2) is 28.9 Å². The number of rotatable bonds is 3. The third-order valence-corrected chi connectivity index (χ3v) is 7.11. The zero-order valence-electron chi connectivity index (χ0n) is 25.1. The molecule has 0 N–H and O–H groups in total. The highest BCUT2D eigenvalue weighted by molar-refractivity contribution is 6.12. The van der Waals surface area contributed by atoms with E-state index in [1.165, 1.54) is 0 Å². The average Bonchev–Trinajstić information content (AvgIpc) is 3.81. The van der Waals surface area contributed by atoms with Gasteiger partial charge in [-0.2, -0.15) is 76.3 Å². The fourth-order valence-electron chi connectivity index (χ4n) is 4.92. The third kappa shape index (κ3) is 6.34. The highest BCUT2D eigenvalue weighted by Crippen LogP contribution is 2.58. The van der Waals surface area contributed by atoms with Gasteiger partial charge >= 0.3 is 18.5 Å². The maximum atomic E-state index is 15.5. The number of hydrogen-bond donors (Lipinski definition) is 0. The molecule has 54 heavy (non-hydrogen) atoms. The predicted molar refractivity (Wildman–Crippen MR) is 146 cm³/mol. The van der Waals surface area contributed by atoms with Crippen molar-refractivity contribution in [1.29, 1.82) is 36.8 Å². The molecule has 2 aromatic carbocycles. The molecular formula is C32H2F13N9. The Morgan fingerprint density at radius 2 is 0.685 bits per heavy atom. The molecule has 1 saturated carbocycles. The van der Waals surface area contributed by atoms with E-state index in [1.54, 1.807) is 0 Å². The fourth-order valence-corrected chi connectivity index (χ4v) is 4.92. The number of aromatic nitrogens is 2. The molecule has 1 heterocycles. The van der Waals surface area contributed by atoms with Gasteiger partial charge in [0.05, 0.1) is 55.7 Å². The summed E-state index contributed by atoms with van der Waals surface area (Å²) in [6.07, 6.45) is -18.8. The first-order chi connectivity index (χ1) is 25.1. The zero-order valence-corrected chi connectivity index (χ0v) is 25.1. The van der Waals surface area contributed by atoms with Crippen LogP contribution in [0.3, 0.4) is 0 Å². The fraction of sp³-hybridized carbons (Fsp3) is 0.0938. The van der Waals surface area contributed by atoms with E-state index in [0.717, 1.165) is 42.5 Å². The summed E-state index contributed by atoms with van der Waals surface area (Å²) in [6, 6.07) is 8.08. The molecule has 0 unspecified atom stereocenters. The standard InChI is InChI=1S/C32H2F13N9/c33-23-10(3-46)1-11(4-47)24(34)20(23)14(7-50)17-18(15(8-51)21-25(35)12(5-48)2-13(6-49)26(21)36)19(17)16(9-52)22-27(30(37,38)39)53-29(32(43,44)45)54-28(22)31(40,41)42/h1-2H/b17-14-,18-15+,19-16?. The van der Waals surface area contributed by atoms with E-state index in [1.807, 2.05) is 0 Å². The summed E-state index contributed by atoms with van der Waals surface area (Å²) in [5.74, 6) is -11.2. The normalized spacial score (nSPS) is 15.3. The molecule has 22 heteroatoms. The van der Waals surface area contributed by atoms with Gasteiger partial charge in [0, 0.05) is 16.7 Å². The Hall–Kier alpha value is -7.74. The molecule has 0 amide bonds. The second-order valence-corrected chi connectivity index (χ2v) is 10.1. The van der Waals surface area contributed by atoms with Gasteiger partial charge in [-0.15, -0.1) is 0 Å². The molecule has 9 nitrogen and oxygen atoms in total. The van der Waals surface area contributed by atoms with Gasteiger partial charge in [0.1, 0.15) is 42.5 Å². The predicted octanol–water partition coefficient (Wildman–Crippen LogP) is 7.82. The SMILES string of the molecule is N#CC(=C1C(=C(/C#N)c2c(F)c(C#N)cc(C#N)c2F)/C1=C(/C#N)c1c(F)c(C#N)cc(C#N)c1F)c1c(C(F)(F)F)nc(C(F)(F)F)nc1C(F)(F)F. The van der Waals surface area contributed by atoms with Crippen molar-refractivity contribution in [2.75, 3.05) is 0 Å². The molecule has 3 aromatic rings. The second kappa shape index (κ2) is 13.4. The van der Waals surface area contributed by atoms with E-state index in [-0.39, 0.29) is 0 Å². The molecule has 266 valence electrons. The van der Waals surface area contributed by atoms with E-state index in [2.05, 4.69) is 9.97 Å².